The Morgan fingerprint density at radius 3 is 2.84 bits per heavy atom. The van der Waals surface area contributed by atoms with Crippen LogP contribution in [-0.2, 0) is 0 Å². The zero-order valence-electron chi connectivity index (χ0n) is 10.1. The minimum atomic E-state index is -1.01. The first-order valence-corrected chi connectivity index (χ1v) is 6.19. The number of rotatable bonds is 4. The number of aromatic nitrogens is 1. The van der Waals surface area contributed by atoms with Gasteiger partial charge in [-0.15, -0.1) is 0 Å². The third-order valence-electron chi connectivity index (χ3n) is 2.42. The zero-order valence-corrected chi connectivity index (χ0v) is 11.6. The summed E-state index contributed by atoms with van der Waals surface area (Å²) in [6.07, 6.45) is 1.30. The van der Waals surface area contributed by atoms with Gasteiger partial charge in [-0.25, -0.2) is 9.78 Å². The van der Waals surface area contributed by atoms with Crippen LogP contribution in [0.1, 0.15) is 10.4 Å². The molecule has 0 unspecified atom stereocenters. The largest absolute Gasteiger partial charge is 0.497 e. The number of aromatic carboxylic acids is 1. The van der Waals surface area contributed by atoms with Crippen molar-refractivity contribution in [1.82, 2.24) is 4.98 Å². The quantitative estimate of drug-likeness (QED) is 0.903. The Hall–Kier alpha value is -2.08. The fourth-order valence-corrected chi connectivity index (χ4v) is 1.93. The first-order chi connectivity index (χ1) is 9.10. The number of benzene rings is 1. The van der Waals surface area contributed by atoms with Crippen LogP contribution in [0, 0.1) is 0 Å². The van der Waals surface area contributed by atoms with E-state index in [4.69, 9.17) is 9.84 Å². The van der Waals surface area contributed by atoms with E-state index in [2.05, 4.69) is 26.2 Å². The number of methoxy groups -OCH3 is 1. The summed E-state index contributed by atoms with van der Waals surface area (Å²) >= 11 is 3.29. The summed E-state index contributed by atoms with van der Waals surface area (Å²) in [4.78, 5) is 14.9. The summed E-state index contributed by atoms with van der Waals surface area (Å²) in [5.74, 6) is 0.252. The second kappa shape index (κ2) is 5.71. The van der Waals surface area contributed by atoms with E-state index in [-0.39, 0.29) is 5.56 Å². The molecule has 2 rings (SSSR count). The minimum absolute atomic E-state index is 0.128. The highest BCUT2D eigenvalue weighted by Crippen LogP contribution is 2.26. The van der Waals surface area contributed by atoms with Crippen LogP contribution >= 0.6 is 15.9 Å². The fraction of sp³-hybridized carbons (Fsp3) is 0.0769. The van der Waals surface area contributed by atoms with Gasteiger partial charge in [0.05, 0.1) is 17.1 Å². The van der Waals surface area contributed by atoms with Gasteiger partial charge in [0, 0.05) is 18.0 Å². The average Bonchev–Trinajstić information content (AvgIpc) is 2.41. The molecule has 19 heavy (non-hydrogen) atoms. The second-order valence-corrected chi connectivity index (χ2v) is 4.57. The number of carboxylic acid groups (broad SMARTS) is 1. The Labute approximate surface area is 118 Å². The Balaban J connectivity index is 2.25. The lowest BCUT2D eigenvalue weighted by Gasteiger charge is -2.09. The molecule has 0 bridgehead atoms. The molecule has 0 fully saturated rings. The van der Waals surface area contributed by atoms with Crippen molar-refractivity contribution in [2.75, 3.05) is 12.4 Å². The maximum absolute atomic E-state index is 10.8. The summed E-state index contributed by atoms with van der Waals surface area (Å²) in [6.45, 7) is 0. The number of hydrogen-bond acceptors (Lipinski definition) is 4. The van der Waals surface area contributed by atoms with Gasteiger partial charge in [-0.1, -0.05) is 6.07 Å². The van der Waals surface area contributed by atoms with E-state index in [0.717, 1.165) is 11.4 Å². The molecule has 0 atom stereocenters. The van der Waals surface area contributed by atoms with Crippen molar-refractivity contribution in [2.45, 2.75) is 0 Å². The van der Waals surface area contributed by atoms with Crippen molar-refractivity contribution >= 4 is 33.4 Å². The van der Waals surface area contributed by atoms with Gasteiger partial charge in [-0.3, -0.25) is 0 Å². The monoisotopic (exact) mass is 322 g/mol. The topological polar surface area (TPSA) is 71.5 Å². The van der Waals surface area contributed by atoms with Gasteiger partial charge >= 0.3 is 5.97 Å². The van der Waals surface area contributed by atoms with Gasteiger partial charge in [0.2, 0.25) is 0 Å². The van der Waals surface area contributed by atoms with Crippen LogP contribution in [0.4, 0.5) is 11.5 Å². The average molecular weight is 323 g/mol. The van der Waals surface area contributed by atoms with Gasteiger partial charge < -0.3 is 15.2 Å². The molecule has 0 aliphatic carbocycles. The van der Waals surface area contributed by atoms with Crippen LogP contribution in [0.25, 0.3) is 0 Å². The number of hydrogen-bond donors (Lipinski definition) is 2. The molecule has 0 aliphatic rings. The van der Waals surface area contributed by atoms with E-state index in [0.29, 0.717) is 10.3 Å². The molecule has 98 valence electrons. The van der Waals surface area contributed by atoms with Crippen LogP contribution in [-0.4, -0.2) is 23.2 Å². The molecule has 2 aromatic rings. The SMILES string of the molecule is COc1cccc(Nc2ncc(C(=O)O)cc2Br)c1. The van der Waals surface area contributed by atoms with E-state index in [9.17, 15) is 4.79 Å². The number of halogens is 1. The first kappa shape index (κ1) is 13.4. The molecule has 0 saturated carbocycles. The standard InChI is InChI=1S/C13H11BrN2O3/c1-19-10-4-2-3-9(6-10)16-12-11(14)5-8(7-15-12)13(17)18/h2-7H,1H3,(H,15,16)(H,17,18). The molecule has 2 N–H and O–H groups in total. The smallest absolute Gasteiger partial charge is 0.337 e. The highest BCUT2D eigenvalue weighted by molar-refractivity contribution is 9.10. The molecule has 6 heteroatoms. The van der Waals surface area contributed by atoms with E-state index in [1.165, 1.54) is 12.3 Å². The fourth-order valence-electron chi connectivity index (χ4n) is 1.48. The normalized spacial score (nSPS) is 10.0. The van der Waals surface area contributed by atoms with Crippen LogP contribution in [0.15, 0.2) is 41.0 Å². The molecule has 0 saturated heterocycles. The lowest BCUT2D eigenvalue weighted by molar-refractivity contribution is 0.0696. The summed E-state index contributed by atoms with van der Waals surface area (Å²) in [6, 6.07) is 8.86. The number of nitrogens with one attached hydrogen (secondary N) is 1. The third-order valence-corrected chi connectivity index (χ3v) is 3.03. The van der Waals surface area contributed by atoms with Crippen LogP contribution in [0.2, 0.25) is 0 Å². The summed E-state index contributed by atoms with van der Waals surface area (Å²) in [5.41, 5.74) is 0.929. The molecule has 0 aliphatic heterocycles. The number of pyridine rings is 1. The number of carbonyl (C=O) groups is 1. The third kappa shape index (κ3) is 3.23. The van der Waals surface area contributed by atoms with Gasteiger partial charge in [-0.2, -0.15) is 0 Å². The predicted molar refractivity (Wildman–Crippen MR) is 75.2 cm³/mol. The maximum Gasteiger partial charge on any atom is 0.337 e. The zero-order chi connectivity index (χ0) is 13.8. The molecule has 1 heterocycles. The maximum atomic E-state index is 10.8. The van der Waals surface area contributed by atoms with Crippen LogP contribution in [0.3, 0.4) is 0 Å². The molecule has 5 nitrogen and oxygen atoms in total. The van der Waals surface area contributed by atoms with Gasteiger partial charge in [0.15, 0.2) is 0 Å². The number of nitrogens with zero attached hydrogens (tertiary/aromatic N) is 1. The number of carboxylic acids is 1. The number of ether oxygens (including phenoxy) is 1. The van der Waals surface area contributed by atoms with E-state index < -0.39 is 5.97 Å². The highest BCUT2D eigenvalue weighted by Gasteiger charge is 2.08. The van der Waals surface area contributed by atoms with Crippen molar-refractivity contribution in [3.8, 4) is 5.75 Å². The van der Waals surface area contributed by atoms with Crippen molar-refractivity contribution in [2.24, 2.45) is 0 Å². The summed E-state index contributed by atoms with van der Waals surface area (Å²) < 4.78 is 5.70. The lowest BCUT2D eigenvalue weighted by Crippen LogP contribution is -2.00. The summed E-state index contributed by atoms with van der Waals surface area (Å²) in [5, 5.41) is 11.9. The van der Waals surface area contributed by atoms with Gasteiger partial charge in [-0.05, 0) is 34.1 Å². The van der Waals surface area contributed by atoms with E-state index in [1.54, 1.807) is 7.11 Å². The highest BCUT2D eigenvalue weighted by atomic mass is 79.9. The van der Waals surface area contributed by atoms with Crippen LogP contribution < -0.4 is 10.1 Å². The van der Waals surface area contributed by atoms with E-state index in [1.807, 2.05) is 24.3 Å². The van der Waals surface area contributed by atoms with Crippen molar-refractivity contribution < 1.29 is 14.6 Å². The predicted octanol–water partition coefficient (Wildman–Crippen LogP) is 3.29. The van der Waals surface area contributed by atoms with Crippen LogP contribution in [0.5, 0.6) is 5.75 Å². The first-order valence-electron chi connectivity index (χ1n) is 5.40. The molecule has 1 aromatic carbocycles. The van der Waals surface area contributed by atoms with Crippen molar-refractivity contribution in [3.63, 3.8) is 0 Å². The molecular weight excluding hydrogens is 312 g/mol. The van der Waals surface area contributed by atoms with E-state index >= 15 is 0 Å². The lowest BCUT2D eigenvalue weighted by atomic mass is 10.2. The number of anilines is 2. The van der Waals surface area contributed by atoms with Crippen molar-refractivity contribution in [1.29, 1.82) is 0 Å². The molecular formula is C13H11BrN2O3. The minimum Gasteiger partial charge on any atom is -0.497 e. The Morgan fingerprint density at radius 2 is 2.21 bits per heavy atom. The summed E-state index contributed by atoms with van der Waals surface area (Å²) in [7, 11) is 1.59. The molecule has 0 radical (unpaired) electrons. The molecule has 0 spiro atoms. The Morgan fingerprint density at radius 1 is 1.42 bits per heavy atom. The molecule has 0 amide bonds. The second-order valence-electron chi connectivity index (χ2n) is 3.72. The van der Waals surface area contributed by atoms with Gasteiger partial charge in [0.25, 0.3) is 0 Å². The molecule has 1 aromatic heterocycles. The Bertz CT molecular complexity index is 617. The van der Waals surface area contributed by atoms with Gasteiger partial charge in [0.1, 0.15) is 11.6 Å². The Kier molecular flexibility index (Phi) is 4.01. The van der Waals surface area contributed by atoms with Crippen molar-refractivity contribution in [3.05, 3.63) is 46.6 Å².